The van der Waals surface area contributed by atoms with Crippen molar-refractivity contribution in [1.29, 1.82) is 10.8 Å². The van der Waals surface area contributed by atoms with Crippen LogP contribution in [0.2, 0.25) is 0 Å². The van der Waals surface area contributed by atoms with Gasteiger partial charge in [0.05, 0.1) is 0 Å². The van der Waals surface area contributed by atoms with Gasteiger partial charge in [0, 0.05) is 0 Å². The van der Waals surface area contributed by atoms with E-state index in [1.165, 1.54) is 0 Å². The monoisotopic (exact) mass is 119 g/mol. The van der Waals surface area contributed by atoms with Crippen LogP contribution in [-0.2, 0) is 0 Å². The Labute approximate surface area is 45.0 Å². The quantitative estimate of drug-likeness (QED) is 0.186. The second kappa shape index (κ2) is 2.10. The third-order valence-corrected chi connectivity index (χ3v) is 0.423. The number of guanidine groups is 2. The van der Waals surface area contributed by atoms with Gasteiger partial charge in [-0.15, -0.1) is 5.12 Å². The number of hydrogen-bond donors (Lipinski definition) is 4. The summed E-state index contributed by atoms with van der Waals surface area (Å²) in [7, 11) is 0. The Morgan fingerprint density at radius 3 is 1.50 bits per heavy atom. The second-order valence-corrected chi connectivity index (χ2v) is 1.05. The lowest BCUT2D eigenvalue weighted by Crippen LogP contribution is -2.38. The summed E-state index contributed by atoms with van der Waals surface area (Å²) in [5, 5.41) is 12.2. The van der Waals surface area contributed by atoms with Crippen LogP contribution in [0.15, 0.2) is 0 Å². The molecule has 0 spiro atoms. The van der Waals surface area contributed by atoms with Gasteiger partial charge in [-0.05, 0) is 0 Å². The van der Waals surface area contributed by atoms with E-state index in [4.69, 9.17) is 10.8 Å². The molecule has 0 rings (SSSR count). The number of hydrogen-bond acceptors (Lipinski definition) is 2. The van der Waals surface area contributed by atoms with Crippen molar-refractivity contribution in [2.75, 3.05) is 0 Å². The maximum atomic E-state index is 11.8. The fourth-order valence-electron chi connectivity index (χ4n) is 0.130. The highest BCUT2D eigenvalue weighted by molar-refractivity contribution is 5.92. The molecule has 0 saturated carbocycles. The van der Waals surface area contributed by atoms with Crippen molar-refractivity contribution in [1.82, 2.24) is 5.12 Å². The standard InChI is InChI=1S/C2H6FN5/c3-8(1(4)5)2(6)7/h(H3,4,5)(H3,6,7). The predicted octanol–water partition coefficient (Wildman–Crippen LogP) is -1.04. The van der Waals surface area contributed by atoms with Gasteiger partial charge < -0.3 is 11.5 Å². The molecule has 0 aromatic heterocycles. The third-order valence-electron chi connectivity index (χ3n) is 0.423. The number of rotatable bonds is 0. The van der Waals surface area contributed by atoms with Gasteiger partial charge >= 0.3 is 0 Å². The van der Waals surface area contributed by atoms with E-state index in [-0.39, 0.29) is 0 Å². The van der Waals surface area contributed by atoms with Crippen LogP contribution >= 0.6 is 0 Å². The summed E-state index contributed by atoms with van der Waals surface area (Å²) in [6.07, 6.45) is 0. The second-order valence-electron chi connectivity index (χ2n) is 1.05. The number of nitrogens with two attached hydrogens (primary N) is 2. The zero-order chi connectivity index (χ0) is 6.73. The summed E-state index contributed by atoms with van der Waals surface area (Å²) in [6.45, 7) is 0. The highest BCUT2D eigenvalue weighted by Crippen LogP contribution is 1.80. The van der Waals surface area contributed by atoms with Gasteiger partial charge in [-0.2, -0.15) is 0 Å². The third kappa shape index (κ3) is 1.41. The Morgan fingerprint density at radius 1 is 1.25 bits per heavy atom. The zero-order valence-electron chi connectivity index (χ0n) is 3.98. The lowest BCUT2D eigenvalue weighted by atomic mass is 10.9. The van der Waals surface area contributed by atoms with E-state index in [9.17, 15) is 4.48 Å². The summed E-state index contributed by atoms with van der Waals surface area (Å²) in [6, 6.07) is 0. The maximum Gasteiger partial charge on any atom is 0.225 e. The lowest BCUT2D eigenvalue weighted by molar-refractivity contribution is 0.216. The van der Waals surface area contributed by atoms with Gasteiger partial charge in [0.25, 0.3) is 0 Å². The van der Waals surface area contributed by atoms with Crippen molar-refractivity contribution in [3.63, 3.8) is 0 Å². The fraction of sp³-hybridized carbons (Fsp3) is 0. The normalized spacial score (nSPS) is 8.12. The van der Waals surface area contributed by atoms with Crippen LogP contribution in [0.4, 0.5) is 4.48 Å². The maximum absolute atomic E-state index is 11.8. The number of nitrogens with one attached hydrogen (secondary N) is 2. The van der Waals surface area contributed by atoms with Gasteiger partial charge in [0.1, 0.15) is 0 Å². The molecule has 6 N–H and O–H groups in total. The van der Waals surface area contributed by atoms with Gasteiger partial charge in [0.2, 0.25) is 11.9 Å². The van der Waals surface area contributed by atoms with E-state index in [1.54, 1.807) is 0 Å². The van der Waals surface area contributed by atoms with Crippen molar-refractivity contribution in [2.45, 2.75) is 0 Å². The fourth-order valence-corrected chi connectivity index (χ4v) is 0.130. The minimum Gasteiger partial charge on any atom is -0.368 e. The average molecular weight is 119 g/mol. The first-order valence-electron chi connectivity index (χ1n) is 1.69. The first kappa shape index (κ1) is 6.67. The molecule has 0 atom stereocenters. The summed E-state index contributed by atoms with van der Waals surface area (Å²) in [4.78, 5) is 0. The van der Waals surface area contributed by atoms with Gasteiger partial charge in [-0.25, -0.2) is 0 Å². The molecule has 0 aliphatic rings. The van der Waals surface area contributed by atoms with Crippen LogP contribution in [-0.4, -0.2) is 17.0 Å². The first-order valence-corrected chi connectivity index (χ1v) is 1.69. The van der Waals surface area contributed by atoms with E-state index in [0.717, 1.165) is 0 Å². The molecular formula is C2H6FN5. The van der Waals surface area contributed by atoms with E-state index >= 15 is 0 Å². The van der Waals surface area contributed by atoms with E-state index < -0.39 is 17.0 Å². The zero-order valence-corrected chi connectivity index (χ0v) is 3.98. The van der Waals surface area contributed by atoms with Crippen molar-refractivity contribution in [3.05, 3.63) is 0 Å². The minimum absolute atomic E-state index is 0.444. The van der Waals surface area contributed by atoms with E-state index in [2.05, 4.69) is 11.5 Å². The van der Waals surface area contributed by atoms with Crippen molar-refractivity contribution < 1.29 is 4.48 Å². The molecule has 0 aliphatic heterocycles. The Hall–Kier alpha value is -1.33. The molecule has 46 valence electrons. The molecule has 0 radical (unpaired) electrons. The van der Waals surface area contributed by atoms with Gasteiger partial charge in [-0.1, -0.05) is 4.48 Å². The van der Waals surface area contributed by atoms with Crippen LogP contribution in [0.25, 0.3) is 0 Å². The molecule has 0 saturated heterocycles. The van der Waals surface area contributed by atoms with Crippen LogP contribution in [0.3, 0.4) is 0 Å². The van der Waals surface area contributed by atoms with Crippen LogP contribution in [0.5, 0.6) is 0 Å². The molecule has 6 heteroatoms. The molecule has 8 heavy (non-hydrogen) atoms. The number of halogens is 1. The lowest BCUT2D eigenvalue weighted by Gasteiger charge is -2.05. The largest absolute Gasteiger partial charge is 0.368 e. The highest BCUT2D eigenvalue weighted by Gasteiger charge is 2.05. The summed E-state index contributed by atoms with van der Waals surface area (Å²) in [5.74, 6) is -1.78. The van der Waals surface area contributed by atoms with Crippen molar-refractivity contribution >= 4 is 11.9 Å². The SMILES string of the molecule is N=C(N)N(F)C(=N)N. The van der Waals surface area contributed by atoms with E-state index in [0.29, 0.717) is 0 Å². The smallest absolute Gasteiger partial charge is 0.225 e. The molecule has 5 nitrogen and oxygen atoms in total. The molecule has 0 heterocycles. The van der Waals surface area contributed by atoms with Gasteiger partial charge in [-0.3, -0.25) is 10.8 Å². The summed E-state index contributed by atoms with van der Waals surface area (Å²) < 4.78 is 11.8. The van der Waals surface area contributed by atoms with Crippen LogP contribution < -0.4 is 11.5 Å². The number of nitrogens with zero attached hydrogens (tertiary/aromatic N) is 1. The molecule has 0 bridgehead atoms. The molecule has 0 aliphatic carbocycles. The van der Waals surface area contributed by atoms with E-state index in [1.807, 2.05) is 0 Å². The van der Waals surface area contributed by atoms with Crippen molar-refractivity contribution in [3.8, 4) is 0 Å². The summed E-state index contributed by atoms with van der Waals surface area (Å²) >= 11 is 0. The Balaban J connectivity index is 3.83. The molecule has 0 unspecified atom stereocenters. The first-order chi connectivity index (χ1) is 3.55. The Kier molecular flexibility index (Phi) is 1.75. The van der Waals surface area contributed by atoms with Crippen LogP contribution in [0.1, 0.15) is 0 Å². The van der Waals surface area contributed by atoms with Crippen LogP contribution in [0, 0.1) is 10.8 Å². The predicted molar refractivity (Wildman–Crippen MR) is 26.8 cm³/mol. The summed E-state index contributed by atoms with van der Waals surface area (Å²) in [5.41, 5.74) is 9.10. The average Bonchev–Trinajstić information content (AvgIpc) is 1.64. The molecular weight excluding hydrogens is 113 g/mol. The topological polar surface area (TPSA) is 103 Å². The molecule has 0 aromatic rings. The molecule has 0 aromatic carbocycles. The molecule has 0 amide bonds. The van der Waals surface area contributed by atoms with Gasteiger partial charge in [0.15, 0.2) is 0 Å². The minimum atomic E-state index is -0.891. The molecule has 0 fully saturated rings. The Morgan fingerprint density at radius 2 is 1.50 bits per heavy atom. The van der Waals surface area contributed by atoms with Crippen molar-refractivity contribution in [2.24, 2.45) is 11.5 Å². The Bertz CT molecular complexity index is 106. The highest BCUT2D eigenvalue weighted by atomic mass is 19.2.